The van der Waals surface area contributed by atoms with E-state index in [2.05, 4.69) is 55.2 Å². The Morgan fingerprint density at radius 2 is 1.97 bits per heavy atom. The number of nitrogen functional groups attached to an aromatic ring is 1. The van der Waals surface area contributed by atoms with Crippen LogP contribution in [0.4, 0.5) is 5.82 Å². The van der Waals surface area contributed by atoms with Crippen LogP contribution < -0.4 is 5.73 Å². The van der Waals surface area contributed by atoms with Crippen molar-refractivity contribution in [3.63, 3.8) is 0 Å². The summed E-state index contributed by atoms with van der Waals surface area (Å²) in [5.74, 6) is -0.142. The molecule has 0 saturated carbocycles. The third kappa shape index (κ3) is 3.02. The number of imidazole rings is 1. The van der Waals surface area contributed by atoms with E-state index in [0.29, 0.717) is 5.82 Å². The molecular formula is C24H26N6O2. The Morgan fingerprint density at radius 1 is 1.09 bits per heavy atom. The van der Waals surface area contributed by atoms with Gasteiger partial charge in [-0.2, -0.15) is 0 Å². The second kappa shape index (κ2) is 6.88. The molecule has 6 rings (SSSR count). The molecule has 0 amide bonds. The number of fused-ring (bicyclic) bond motifs is 3. The zero-order valence-electron chi connectivity index (χ0n) is 18.4. The number of ether oxygens (including phenoxy) is 2. The van der Waals surface area contributed by atoms with E-state index in [1.807, 2.05) is 32.3 Å². The molecule has 0 radical (unpaired) electrons. The molecule has 4 aromatic rings. The number of hydrogen-bond acceptors (Lipinski definition) is 6. The number of anilines is 1. The molecule has 3 atom stereocenters. The summed E-state index contributed by atoms with van der Waals surface area (Å²) in [7, 11) is 0. The lowest BCUT2D eigenvalue weighted by molar-refractivity contribution is -0.147. The van der Waals surface area contributed by atoms with Gasteiger partial charge in [0.25, 0.3) is 0 Å². The monoisotopic (exact) mass is 430 g/mol. The molecule has 2 N–H and O–H groups in total. The van der Waals surface area contributed by atoms with Crippen LogP contribution in [-0.4, -0.2) is 41.9 Å². The molecule has 1 saturated heterocycles. The van der Waals surface area contributed by atoms with Gasteiger partial charge in [0.05, 0.1) is 11.4 Å². The van der Waals surface area contributed by atoms with E-state index in [-0.39, 0.29) is 18.2 Å². The lowest BCUT2D eigenvalue weighted by Gasteiger charge is -2.22. The van der Waals surface area contributed by atoms with Crippen molar-refractivity contribution in [1.82, 2.24) is 23.9 Å². The van der Waals surface area contributed by atoms with Gasteiger partial charge in [-0.15, -0.1) is 0 Å². The van der Waals surface area contributed by atoms with E-state index in [4.69, 9.17) is 15.2 Å². The molecule has 5 heterocycles. The van der Waals surface area contributed by atoms with Crippen LogP contribution in [0.1, 0.15) is 37.6 Å². The molecule has 1 aliphatic carbocycles. The van der Waals surface area contributed by atoms with Gasteiger partial charge in [-0.25, -0.2) is 15.0 Å². The Morgan fingerprint density at radius 3 is 2.84 bits per heavy atom. The van der Waals surface area contributed by atoms with Crippen LogP contribution in [-0.2, 0) is 15.9 Å². The maximum absolute atomic E-state index is 6.35. The number of aryl methyl sites for hydroxylation is 2. The van der Waals surface area contributed by atoms with Crippen molar-refractivity contribution in [1.29, 1.82) is 0 Å². The smallest absolute Gasteiger partial charge is 0.164 e. The fourth-order valence-electron chi connectivity index (χ4n) is 5.02. The molecule has 1 aliphatic heterocycles. The van der Waals surface area contributed by atoms with Gasteiger partial charge in [-0.3, -0.25) is 0 Å². The third-order valence-electron chi connectivity index (χ3n) is 6.54. The minimum Gasteiger partial charge on any atom is -0.383 e. The number of nitrogens with zero attached hydrogens (tertiary/aromatic N) is 5. The van der Waals surface area contributed by atoms with Crippen LogP contribution in [0.5, 0.6) is 0 Å². The molecule has 164 valence electrons. The van der Waals surface area contributed by atoms with Gasteiger partial charge >= 0.3 is 0 Å². The van der Waals surface area contributed by atoms with Gasteiger partial charge in [0.1, 0.15) is 35.6 Å². The van der Waals surface area contributed by atoms with Gasteiger partial charge in [0, 0.05) is 24.3 Å². The van der Waals surface area contributed by atoms with E-state index in [1.165, 1.54) is 17.5 Å². The van der Waals surface area contributed by atoms with Crippen molar-refractivity contribution in [2.45, 2.75) is 57.6 Å². The van der Waals surface area contributed by atoms with Gasteiger partial charge in [0.2, 0.25) is 0 Å². The molecular weight excluding hydrogens is 404 g/mol. The summed E-state index contributed by atoms with van der Waals surface area (Å²) in [6, 6.07) is 6.28. The van der Waals surface area contributed by atoms with Crippen LogP contribution in [0.25, 0.3) is 16.7 Å². The predicted molar refractivity (Wildman–Crippen MR) is 121 cm³/mol. The number of aromatic nitrogens is 5. The maximum atomic E-state index is 6.35. The summed E-state index contributed by atoms with van der Waals surface area (Å²) in [6.45, 7) is 6.01. The Labute approximate surface area is 185 Å². The molecule has 4 aromatic heterocycles. The van der Waals surface area contributed by atoms with Crippen molar-refractivity contribution in [3.8, 4) is 0 Å². The highest BCUT2D eigenvalue weighted by atomic mass is 16.8. The van der Waals surface area contributed by atoms with E-state index >= 15 is 0 Å². The molecule has 1 fully saturated rings. The molecule has 0 bridgehead atoms. The largest absolute Gasteiger partial charge is 0.383 e. The SMILES string of the molecule is Cc1cnc2cc(CCC3=C[C@@H](n4ccc5c(N)ncnc54)[C@@H]4OC(C)(C)O[C@H]34)ccn12. The summed E-state index contributed by atoms with van der Waals surface area (Å²) in [5.41, 5.74) is 11.5. The Kier molecular flexibility index (Phi) is 4.18. The minimum atomic E-state index is -0.629. The van der Waals surface area contributed by atoms with Crippen molar-refractivity contribution in [2.75, 3.05) is 5.73 Å². The van der Waals surface area contributed by atoms with E-state index in [9.17, 15) is 0 Å². The summed E-state index contributed by atoms with van der Waals surface area (Å²) in [6.07, 6.45) is 11.4. The first-order chi connectivity index (χ1) is 15.4. The topological polar surface area (TPSA) is 92.5 Å². The third-order valence-corrected chi connectivity index (χ3v) is 6.54. The highest BCUT2D eigenvalue weighted by Gasteiger charge is 2.50. The summed E-state index contributed by atoms with van der Waals surface area (Å²) >= 11 is 0. The first kappa shape index (κ1) is 19.5. The fraction of sp³-hybridized carbons (Fsp3) is 0.375. The molecule has 0 aromatic carbocycles. The molecule has 0 spiro atoms. The van der Waals surface area contributed by atoms with Crippen molar-refractivity contribution >= 4 is 22.5 Å². The van der Waals surface area contributed by atoms with Gasteiger partial charge in [0.15, 0.2) is 5.79 Å². The number of pyridine rings is 1. The van der Waals surface area contributed by atoms with E-state index in [0.717, 1.165) is 35.2 Å². The average Bonchev–Trinajstić information content (AvgIpc) is 3.49. The lowest BCUT2D eigenvalue weighted by atomic mass is 10.0. The minimum absolute atomic E-state index is 0.0130. The normalized spacial score (nSPS) is 24.3. The van der Waals surface area contributed by atoms with Crippen LogP contribution in [0.3, 0.4) is 0 Å². The zero-order valence-corrected chi connectivity index (χ0v) is 18.4. The standard InChI is InChI=1S/C24H26N6O2/c1-14-12-26-19-10-15(6-8-29(14)19)4-5-16-11-18(21-20(16)31-24(2,3)32-21)30-9-7-17-22(25)27-13-28-23(17)30/h6-13,18,20-21H,4-5H2,1-3H3,(H2,25,27,28)/t18-,20-,21+/m1/s1. The van der Waals surface area contributed by atoms with Crippen molar-refractivity contribution in [3.05, 3.63) is 66.0 Å². The first-order valence-electron chi connectivity index (χ1n) is 11.0. The highest BCUT2D eigenvalue weighted by molar-refractivity contribution is 5.86. The van der Waals surface area contributed by atoms with Crippen molar-refractivity contribution < 1.29 is 9.47 Å². The number of hydrogen-bond donors (Lipinski definition) is 1. The van der Waals surface area contributed by atoms with Crippen LogP contribution in [0, 0.1) is 6.92 Å². The lowest BCUT2D eigenvalue weighted by Crippen LogP contribution is -2.27. The Balaban J connectivity index is 1.32. The highest BCUT2D eigenvalue weighted by Crippen LogP contribution is 2.45. The molecule has 0 unspecified atom stereocenters. The molecule has 32 heavy (non-hydrogen) atoms. The van der Waals surface area contributed by atoms with Crippen LogP contribution >= 0.6 is 0 Å². The van der Waals surface area contributed by atoms with E-state index < -0.39 is 5.79 Å². The first-order valence-corrected chi connectivity index (χ1v) is 11.0. The number of rotatable bonds is 4. The van der Waals surface area contributed by atoms with Crippen molar-refractivity contribution in [2.24, 2.45) is 0 Å². The summed E-state index contributed by atoms with van der Waals surface area (Å²) in [4.78, 5) is 13.1. The van der Waals surface area contributed by atoms with Gasteiger partial charge in [-0.05, 0) is 62.9 Å². The average molecular weight is 431 g/mol. The molecule has 8 heteroatoms. The fourth-order valence-corrected chi connectivity index (χ4v) is 5.02. The van der Waals surface area contributed by atoms with Crippen LogP contribution in [0.2, 0.25) is 0 Å². The number of nitrogens with two attached hydrogens (primary N) is 1. The Hall–Kier alpha value is -3.23. The zero-order chi connectivity index (χ0) is 22.0. The van der Waals surface area contributed by atoms with Gasteiger partial charge in [-0.1, -0.05) is 6.08 Å². The van der Waals surface area contributed by atoms with Gasteiger partial charge < -0.3 is 24.2 Å². The summed E-state index contributed by atoms with van der Waals surface area (Å²) in [5, 5.41) is 0.854. The van der Waals surface area contributed by atoms with Crippen LogP contribution in [0.15, 0.2) is 54.8 Å². The quantitative estimate of drug-likeness (QED) is 0.497. The summed E-state index contributed by atoms with van der Waals surface area (Å²) < 4.78 is 16.9. The second-order valence-corrected chi connectivity index (χ2v) is 9.13. The molecule has 2 aliphatic rings. The Bertz CT molecular complexity index is 1370. The maximum Gasteiger partial charge on any atom is 0.164 e. The molecule has 8 nitrogen and oxygen atoms in total. The van der Waals surface area contributed by atoms with E-state index in [1.54, 1.807) is 0 Å². The second-order valence-electron chi connectivity index (χ2n) is 9.13. The predicted octanol–water partition coefficient (Wildman–Crippen LogP) is 3.60.